The molecular weight excluding hydrogens is 569 g/mol. The van der Waals surface area contributed by atoms with Crippen LogP contribution in [0.2, 0.25) is 5.02 Å². The van der Waals surface area contributed by atoms with Gasteiger partial charge in [0.15, 0.2) is 12.2 Å². The lowest BCUT2D eigenvalue weighted by Crippen LogP contribution is -2.46. The number of Topliss-reactive ketones (excluding diaryl/α,β-unsaturated/α-hetero) is 1. The number of hydrogen-bond acceptors (Lipinski definition) is 7. The van der Waals surface area contributed by atoms with E-state index >= 15 is 0 Å². The fourth-order valence-corrected chi connectivity index (χ4v) is 5.14. The lowest BCUT2D eigenvalue weighted by molar-refractivity contribution is -0.138. The number of likely N-dealkylation sites (tertiary alicyclic amines) is 1. The number of aromatic nitrogens is 2. The third kappa shape index (κ3) is 6.28. The maximum Gasteiger partial charge on any atom is 0.412 e. The lowest BCUT2D eigenvalue weighted by Gasteiger charge is -2.24. The Balaban J connectivity index is 1.27. The quantitative estimate of drug-likeness (QED) is 0.277. The van der Waals surface area contributed by atoms with Gasteiger partial charge in [-0.25, -0.2) is 14.2 Å². The van der Waals surface area contributed by atoms with Crippen LogP contribution in [0.1, 0.15) is 41.4 Å². The number of oxazole rings is 1. The van der Waals surface area contributed by atoms with Gasteiger partial charge in [-0.3, -0.25) is 14.4 Å². The lowest BCUT2D eigenvalue weighted by atomic mass is 10.1. The van der Waals surface area contributed by atoms with Gasteiger partial charge in [-0.2, -0.15) is 0 Å². The van der Waals surface area contributed by atoms with Crippen molar-refractivity contribution >= 4 is 46.2 Å². The van der Waals surface area contributed by atoms with Gasteiger partial charge >= 0.3 is 6.09 Å². The molecule has 13 heteroatoms. The third-order valence-electron chi connectivity index (χ3n) is 7.01. The van der Waals surface area contributed by atoms with Crippen LogP contribution >= 0.6 is 11.6 Å². The molecule has 2 N–H and O–H groups in total. The predicted molar refractivity (Wildman–Crippen MR) is 149 cm³/mol. The number of nitrogens with zero attached hydrogens (tertiary/aromatic N) is 3. The topological polar surface area (TPSA) is 136 Å². The molecule has 1 atom stereocenters. The molecule has 218 valence electrons. The van der Waals surface area contributed by atoms with E-state index in [2.05, 4.69) is 15.6 Å². The van der Waals surface area contributed by atoms with Gasteiger partial charge in [0.25, 0.3) is 0 Å². The maximum absolute atomic E-state index is 14.2. The van der Waals surface area contributed by atoms with Crippen LogP contribution in [-0.4, -0.2) is 50.7 Å². The number of fused-ring (bicyclic) bond motifs is 1. The summed E-state index contributed by atoms with van der Waals surface area (Å²) in [7, 11) is 0. The Kier molecular flexibility index (Phi) is 8.53. The van der Waals surface area contributed by atoms with Crippen LogP contribution < -0.4 is 15.4 Å². The Morgan fingerprint density at radius 1 is 1.17 bits per heavy atom. The number of halogens is 2. The molecule has 3 amide bonds. The molecule has 0 spiro atoms. The number of amides is 3. The van der Waals surface area contributed by atoms with E-state index in [1.54, 1.807) is 35.0 Å². The van der Waals surface area contributed by atoms with E-state index in [-0.39, 0.29) is 53.6 Å². The number of ether oxygens (including phenoxy) is 1. The second-order valence-corrected chi connectivity index (χ2v) is 10.2. The van der Waals surface area contributed by atoms with Crippen molar-refractivity contribution in [2.24, 2.45) is 0 Å². The van der Waals surface area contributed by atoms with E-state index in [0.717, 1.165) is 0 Å². The van der Waals surface area contributed by atoms with Crippen molar-refractivity contribution in [2.75, 3.05) is 6.54 Å². The van der Waals surface area contributed by atoms with Crippen molar-refractivity contribution in [3.8, 4) is 5.75 Å². The van der Waals surface area contributed by atoms with Crippen LogP contribution in [0.4, 0.5) is 9.18 Å². The average Bonchev–Trinajstić information content (AvgIpc) is 3.73. The highest BCUT2D eigenvalue weighted by molar-refractivity contribution is 6.30. The van der Waals surface area contributed by atoms with Crippen molar-refractivity contribution in [3.05, 3.63) is 82.9 Å². The second kappa shape index (κ2) is 12.4. The standard InChI is InChI=1S/C29H27ClFN5O6/c1-17(37)22-13-35(24-8-7-20(10-21(22)24)42-29(40)33-12-19-15-41-16-34-19)14-26(38)36-9-3-6-25(36)28(39)32-11-18-4-2-5-23(30)27(18)31/h2,4-5,7-8,10,13,15-16,25H,3,6,9,11-12,14H2,1H3,(H,32,39)(H,33,40)/t25-/m0/s1. The van der Waals surface area contributed by atoms with E-state index in [1.807, 2.05) is 0 Å². The number of rotatable bonds is 9. The first-order valence-corrected chi connectivity index (χ1v) is 13.6. The molecule has 3 heterocycles. The number of hydrogen-bond donors (Lipinski definition) is 2. The Bertz CT molecular complexity index is 1650. The zero-order valence-electron chi connectivity index (χ0n) is 22.6. The summed E-state index contributed by atoms with van der Waals surface area (Å²) in [5.74, 6) is -1.31. The van der Waals surface area contributed by atoms with E-state index in [1.165, 1.54) is 36.6 Å². The van der Waals surface area contributed by atoms with Crippen LogP contribution in [0.15, 0.2) is 59.7 Å². The molecule has 2 aromatic carbocycles. The molecule has 5 rings (SSSR count). The minimum Gasteiger partial charge on any atom is -0.451 e. The third-order valence-corrected chi connectivity index (χ3v) is 7.30. The van der Waals surface area contributed by atoms with Gasteiger partial charge < -0.3 is 29.3 Å². The maximum atomic E-state index is 14.2. The molecule has 0 saturated carbocycles. The largest absolute Gasteiger partial charge is 0.451 e. The Hall–Kier alpha value is -4.71. The number of carbonyl (C=O) groups excluding carboxylic acids is 4. The normalized spacial score (nSPS) is 14.6. The van der Waals surface area contributed by atoms with E-state index in [0.29, 0.717) is 41.5 Å². The molecule has 1 fully saturated rings. The fourth-order valence-electron chi connectivity index (χ4n) is 4.94. The van der Waals surface area contributed by atoms with E-state index < -0.39 is 18.0 Å². The number of benzene rings is 2. The van der Waals surface area contributed by atoms with Crippen molar-refractivity contribution in [1.29, 1.82) is 0 Å². The summed E-state index contributed by atoms with van der Waals surface area (Å²) >= 11 is 5.83. The number of nitrogens with one attached hydrogen (secondary N) is 2. The van der Waals surface area contributed by atoms with Gasteiger partial charge in [-0.1, -0.05) is 23.7 Å². The molecule has 0 unspecified atom stereocenters. The SMILES string of the molecule is CC(=O)c1cn(CC(=O)N2CCC[C@H]2C(=O)NCc2cccc(Cl)c2F)c2ccc(OC(=O)NCc3cocn3)cc12. The first-order chi connectivity index (χ1) is 20.2. The zero-order valence-corrected chi connectivity index (χ0v) is 23.3. The second-order valence-electron chi connectivity index (χ2n) is 9.80. The van der Waals surface area contributed by atoms with Crippen molar-refractivity contribution in [2.45, 2.75) is 45.4 Å². The molecule has 42 heavy (non-hydrogen) atoms. The molecule has 11 nitrogen and oxygen atoms in total. The minimum absolute atomic E-state index is 0.0341. The summed E-state index contributed by atoms with van der Waals surface area (Å²) in [6.45, 7) is 1.73. The molecule has 4 aromatic rings. The molecule has 1 aliphatic rings. The summed E-state index contributed by atoms with van der Waals surface area (Å²) in [6, 6.07) is 8.62. The van der Waals surface area contributed by atoms with Gasteiger partial charge in [0.2, 0.25) is 11.8 Å². The molecular formula is C29H27ClFN5O6. The smallest absolute Gasteiger partial charge is 0.412 e. The number of ketones is 1. The Morgan fingerprint density at radius 3 is 2.76 bits per heavy atom. The molecule has 0 aliphatic carbocycles. The van der Waals surface area contributed by atoms with E-state index in [9.17, 15) is 23.6 Å². The first-order valence-electron chi connectivity index (χ1n) is 13.2. The van der Waals surface area contributed by atoms with Gasteiger partial charge in [0, 0.05) is 41.3 Å². The Morgan fingerprint density at radius 2 is 2.00 bits per heavy atom. The molecule has 2 aromatic heterocycles. The molecule has 0 radical (unpaired) electrons. The monoisotopic (exact) mass is 595 g/mol. The summed E-state index contributed by atoms with van der Waals surface area (Å²) in [4.78, 5) is 56.4. The zero-order chi connectivity index (χ0) is 29.8. The summed E-state index contributed by atoms with van der Waals surface area (Å²) in [5, 5.41) is 5.74. The predicted octanol–water partition coefficient (Wildman–Crippen LogP) is 4.22. The van der Waals surface area contributed by atoms with Crippen molar-refractivity contribution < 1.29 is 32.7 Å². The summed E-state index contributed by atoms with van der Waals surface area (Å²) < 4.78 is 26.1. The highest BCUT2D eigenvalue weighted by Crippen LogP contribution is 2.28. The van der Waals surface area contributed by atoms with Gasteiger partial charge in [-0.05, 0) is 44.0 Å². The van der Waals surface area contributed by atoms with Crippen molar-refractivity contribution in [1.82, 2.24) is 25.1 Å². The van der Waals surface area contributed by atoms with Gasteiger partial charge in [0.1, 0.15) is 30.4 Å². The van der Waals surface area contributed by atoms with Crippen LogP contribution in [-0.2, 0) is 29.2 Å². The highest BCUT2D eigenvalue weighted by Gasteiger charge is 2.34. The van der Waals surface area contributed by atoms with Gasteiger partial charge in [0.05, 0.1) is 17.3 Å². The van der Waals surface area contributed by atoms with Crippen LogP contribution in [0, 0.1) is 5.82 Å². The summed E-state index contributed by atoms with van der Waals surface area (Å²) in [6.07, 6.45) is 4.62. The highest BCUT2D eigenvalue weighted by atomic mass is 35.5. The minimum atomic E-state index is -0.715. The first kappa shape index (κ1) is 28.8. The molecule has 1 aliphatic heterocycles. The van der Waals surface area contributed by atoms with E-state index in [4.69, 9.17) is 20.8 Å². The van der Waals surface area contributed by atoms with Gasteiger partial charge in [-0.15, -0.1) is 0 Å². The molecule has 1 saturated heterocycles. The Labute approximate surface area is 244 Å². The summed E-state index contributed by atoms with van der Waals surface area (Å²) in [5.41, 5.74) is 1.71. The van der Waals surface area contributed by atoms with Crippen LogP contribution in [0.25, 0.3) is 10.9 Å². The fraction of sp³-hybridized carbons (Fsp3) is 0.276. The van der Waals surface area contributed by atoms with Crippen LogP contribution in [0.3, 0.4) is 0 Å². The van der Waals surface area contributed by atoms with Crippen LogP contribution in [0.5, 0.6) is 5.75 Å². The number of carbonyl (C=O) groups is 4. The van der Waals surface area contributed by atoms with Crippen molar-refractivity contribution in [3.63, 3.8) is 0 Å². The average molecular weight is 596 g/mol. The molecule has 0 bridgehead atoms.